The molecule has 0 saturated carbocycles. The molecule has 0 radical (unpaired) electrons. The van der Waals surface area contributed by atoms with Crippen molar-refractivity contribution in [2.75, 3.05) is 7.05 Å². The molecule has 0 aliphatic rings. The van der Waals surface area contributed by atoms with Crippen LogP contribution in [0.5, 0.6) is 0 Å². The van der Waals surface area contributed by atoms with E-state index < -0.39 is 15.9 Å². The molecule has 20 heavy (non-hydrogen) atoms. The van der Waals surface area contributed by atoms with E-state index in [1.54, 1.807) is 24.3 Å². The van der Waals surface area contributed by atoms with Crippen LogP contribution in [-0.2, 0) is 15.8 Å². The highest BCUT2D eigenvalue weighted by molar-refractivity contribution is 7.88. The molecular formula is C12H14N4O3S. The molecule has 1 heterocycles. The molecule has 0 unspecified atom stereocenters. The van der Waals surface area contributed by atoms with E-state index >= 15 is 0 Å². The van der Waals surface area contributed by atoms with Crippen molar-refractivity contribution in [2.24, 2.45) is 5.73 Å². The number of aromatic nitrogens is 2. The molecule has 8 heteroatoms. The molecule has 0 saturated heterocycles. The maximum atomic E-state index is 11.4. The molecule has 2 rings (SSSR count). The van der Waals surface area contributed by atoms with Crippen LogP contribution >= 0.6 is 0 Å². The highest BCUT2D eigenvalue weighted by Gasteiger charge is 2.09. The van der Waals surface area contributed by atoms with Gasteiger partial charge in [0.1, 0.15) is 0 Å². The van der Waals surface area contributed by atoms with Crippen molar-refractivity contribution in [2.45, 2.75) is 5.75 Å². The number of hydrogen-bond donors (Lipinski definition) is 2. The van der Waals surface area contributed by atoms with E-state index in [9.17, 15) is 13.2 Å². The van der Waals surface area contributed by atoms with Gasteiger partial charge in [-0.3, -0.25) is 4.79 Å². The Kier molecular flexibility index (Phi) is 3.86. The Morgan fingerprint density at radius 3 is 2.50 bits per heavy atom. The molecule has 106 valence electrons. The summed E-state index contributed by atoms with van der Waals surface area (Å²) >= 11 is 0. The summed E-state index contributed by atoms with van der Waals surface area (Å²) in [5.41, 5.74) is 6.83. The number of sulfonamides is 1. The summed E-state index contributed by atoms with van der Waals surface area (Å²) in [6.45, 7) is 0. The summed E-state index contributed by atoms with van der Waals surface area (Å²) in [4.78, 5) is 11.0. The van der Waals surface area contributed by atoms with Gasteiger partial charge < -0.3 is 5.73 Å². The summed E-state index contributed by atoms with van der Waals surface area (Å²) < 4.78 is 26.6. The standard InChI is InChI=1S/C12H14N4O3S/c1-14-20(18,19)8-9-2-4-11(5-3-9)16-7-10(6-15-16)12(13)17/h2-7,14H,8H2,1H3,(H2,13,17). The summed E-state index contributed by atoms with van der Waals surface area (Å²) in [7, 11) is -1.92. The second kappa shape index (κ2) is 5.43. The zero-order valence-corrected chi connectivity index (χ0v) is 11.6. The average Bonchev–Trinajstić information content (AvgIpc) is 2.89. The lowest BCUT2D eigenvalue weighted by Gasteiger charge is -2.05. The molecule has 0 bridgehead atoms. The Balaban J connectivity index is 2.21. The van der Waals surface area contributed by atoms with Crippen LogP contribution < -0.4 is 10.5 Å². The molecule has 1 aromatic heterocycles. The van der Waals surface area contributed by atoms with E-state index in [4.69, 9.17) is 5.73 Å². The van der Waals surface area contributed by atoms with Gasteiger partial charge in [-0.2, -0.15) is 5.10 Å². The van der Waals surface area contributed by atoms with E-state index in [1.165, 1.54) is 24.1 Å². The van der Waals surface area contributed by atoms with Crippen molar-refractivity contribution >= 4 is 15.9 Å². The zero-order valence-electron chi connectivity index (χ0n) is 10.8. The first-order valence-corrected chi connectivity index (χ1v) is 7.41. The summed E-state index contributed by atoms with van der Waals surface area (Å²) in [5, 5.41) is 4.01. The maximum absolute atomic E-state index is 11.4. The fourth-order valence-electron chi connectivity index (χ4n) is 1.63. The number of hydrogen-bond acceptors (Lipinski definition) is 4. The number of nitrogens with one attached hydrogen (secondary N) is 1. The van der Waals surface area contributed by atoms with Gasteiger partial charge in [0.2, 0.25) is 10.0 Å². The molecule has 0 aliphatic carbocycles. The van der Waals surface area contributed by atoms with Gasteiger partial charge in [0.25, 0.3) is 5.91 Å². The number of nitrogens with zero attached hydrogens (tertiary/aromatic N) is 2. The van der Waals surface area contributed by atoms with Crippen LogP contribution in [0, 0.1) is 0 Å². The van der Waals surface area contributed by atoms with Gasteiger partial charge >= 0.3 is 0 Å². The Hall–Kier alpha value is -2.19. The molecule has 1 aromatic carbocycles. The quantitative estimate of drug-likeness (QED) is 0.810. The second-order valence-electron chi connectivity index (χ2n) is 4.17. The predicted octanol–water partition coefficient (Wildman–Crippen LogP) is 0.0204. The number of benzene rings is 1. The molecule has 2 aromatic rings. The molecule has 1 amide bonds. The van der Waals surface area contributed by atoms with Crippen molar-refractivity contribution in [3.05, 3.63) is 47.8 Å². The van der Waals surface area contributed by atoms with Crippen LogP contribution in [0.15, 0.2) is 36.7 Å². The third-order valence-electron chi connectivity index (χ3n) is 2.74. The first kappa shape index (κ1) is 14.2. The normalized spacial score (nSPS) is 11.4. The Morgan fingerprint density at radius 2 is 2.00 bits per heavy atom. The van der Waals surface area contributed by atoms with Gasteiger partial charge in [-0.05, 0) is 24.7 Å². The molecule has 0 atom stereocenters. The number of carbonyl (C=O) groups excluding carboxylic acids is 1. The third kappa shape index (κ3) is 3.22. The fraction of sp³-hybridized carbons (Fsp3) is 0.167. The number of primary amides is 1. The van der Waals surface area contributed by atoms with Crippen molar-refractivity contribution in [3.8, 4) is 5.69 Å². The number of amides is 1. The largest absolute Gasteiger partial charge is 0.366 e. The van der Waals surface area contributed by atoms with Gasteiger partial charge in [0, 0.05) is 6.20 Å². The smallest absolute Gasteiger partial charge is 0.251 e. The van der Waals surface area contributed by atoms with Crippen LogP contribution in [0.2, 0.25) is 0 Å². The first-order valence-electron chi connectivity index (χ1n) is 5.76. The molecule has 7 nitrogen and oxygen atoms in total. The topological polar surface area (TPSA) is 107 Å². The molecule has 0 fully saturated rings. The highest BCUT2D eigenvalue weighted by Crippen LogP contribution is 2.12. The van der Waals surface area contributed by atoms with E-state index in [0.717, 1.165) is 0 Å². The van der Waals surface area contributed by atoms with E-state index in [2.05, 4.69) is 9.82 Å². The van der Waals surface area contributed by atoms with Crippen molar-refractivity contribution in [1.82, 2.24) is 14.5 Å². The number of carbonyl (C=O) groups is 1. The van der Waals surface area contributed by atoms with Gasteiger partial charge in [-0.25, -0.2) is 17.8 Å². The van der Waals surface area contributed by atoms with Crippen LogP contribution in [0.4, 0.5) is 0 Å². The van der Waals surface area contributed by atoms with Gasteiger partial charge in [0.15, 0.2) is 0 Å². The zero-order chi connectivity index (χ0) is 14.8. The van der Waals surface area contributed by atoms with Gasteiger partial charge in [0.05, 0.1) is 23.2 Å². The third-order valence-corrected chi connectivity index (χ3v) is 4.07. The minimum Gasteiger partial charge on any atom is -0.366 e. The van der Waals surface area contributed by atoms with Gasteiger partial charge in [-0.15, -0.1) is 0 Å². The molecular weight excluding hydrogens is 280 g/mol. The predicted molar refractivity (Wildman–Crippen MR) is 73.8 cm³/mol. The highest BCUT2D eigenvalue weighted by atomic mass is 32.2. The monoisotopic (exact) mass is 294 g/mol. The van der Waals surface area contributed by atoms with Crippen molar-refractivity contribution in [1.29, 1.82) is 0 Å². The number of nitrogens with two attached hydrogens (primary N) is 1. The lowest BCUT2D eigenvalue weighted by atomic mass is 10.2. The average molecular weight is 294 g/mol. The molecule has 0 aliphatic heterocycles. The van der Waals surface area contributed by atoms with E-state index in [-0.39, 0.29) is 5.75 Å². The van der Waals surface area contributed by atoms with Crippen LogP contribution in [-0.4, -0.2) is 31.2 Å². The lowest BCUT2D eigenvalue weighted by molar-refractivity contribution is 0.100. The second-order valence-corrected chi connectivity index (χ2v) is 6.09. The summed E-state index contributed by atoms with van der Waals surface area (Å²) in [5.74, 6) is -0.636. The Morgan fingerprint density at radius 1 is 1.35 bits per heavy atom. The SMILES string of the molecule is CNS(=O)(=O)Cc1ccc(-n2cc(C(N)=O)cn2)cc1. The molecule has 0 spiro atoms. The van der Waals surface area contributed by atoms with E-state index in [0.29, 0.717) is 16.8 Å². The number of rotatable bonds is 5. The Labute approximate surface area is 116 Å². The maximum Gasteiger partial charge on any atom is 0.251 e. The first-order chi connectivity index (χ1) is 9.41. The fourth-order valence-corrected chi connectivity index (χ4v) is 2.40. The van der Waals surface area contributed by atoms with Crippen molar-refractivity contribution < 1.29 is 13.2 Å². The van der Waals surface area contributed by atoms with Crippen LogP contribution in [0.1, 0.15) is 15.9 Å². The van der Waals surface area contributed by atoms with Crippen LogP contribution in [0.3, 0.4) is 0 Å². The lowest BCUT2D eigenvalue weighted by Crippen LogP contribution is -2.20. The van der Waals surface area contributed by atoms with Gasteiger partial charge in [-0.1, -0.05) is 12.1 Å². The summed E-state index contributed by atoms with van der Waals surface area (Å²) in [6.07, 6.45) is 2.89. The van der Waals surface area contributed by atoms with Crippen LogP contribution in [0.25, 0.3) is 5.69 Å². The minimum atomic E-state index is -3.29. The Bertz CT molecular complexity index is 719. The minimum absolute atomic E-state index is 0.0879. The summed E-state index contributed by atoms with van der Waals surface area (Å²) in [6, 6.07) is 6.82. The molecule has 3 N–H and O–H groups in total. The van der Waals surface area contributed by atoms with E-state index in [1.807, 2.05) is 0 Å². The van der Waals surface area contributed by atoms with Crippen molar-refractivity contribution in [3.63, 3.8) is 0 Å².